The largest absolute Gasteiger partial charge is 0.344 e. The van der Waals surface area contributed by atoms with Gasteiger partial charge in [-0.2, -0.15) is 0 Å². The number of carbonyl (C=O) groups excluding carboxylic acids is 1. The third-order valence-electron chi connectivity index (χ3n) is 3.04. The van der Waals surface area contributed by atoms with Crippen LogP contribution in [-0.2, 0) is 4.79 Å². The summed E-state index contributed by atoms with van der Waals surface area (Å²) in [6, 6.07) is 0.334. The number of hydrogen-bond acceptors (Lipinski definition) is 3. The molecule has 2 aliphatic rings. The van der Waals surface area contributed by atoms with E-state index in [2.05, 4.69) is 21.7 Å². The molecular weight excluding hydrogens is 202 g/mol. The van der Waals surface area contributed by atoms with Gasteiger partial charge in [-0.05, 0) is 13.3 Å². The highest BCUT2D eigenvalue weighted by molar-refractivity contribution is 5.88. The summed E-state index contributed by atoms with van der Waals surface area (Å²) >= 11 is 0. The predicted molar refractivity (Wildman–Crippen MR) is 64.4 cm³/mol. The van der Waals surface area contributed by atoms with Crippen molar-refractivity contribution in [1.29, 1.82) is 0 Å². The molecule has 0 aromatic carbocycles. The fourth-order valence-electron chi connectivity index (χ4n) is 1.99. The van der Waals surface area contributed by atoms with E-state index in [-0.39, 0.29) is 11.4 Å². The molecule has 1 aliphatic carbocycles. The summed E-state index contributed by atoms with van der Waals surface area (Å²) in [4.78, 5) is 15.9. The van der Waals surface area contributed by atoms with Crippen molar-refractivity contribution < 1.29 is 4.79 Å². The van der Waals surface area contributed by atoms with Crippen LogP contribution in [0.25, 0.3) is 0 Å². The van der Waals surface area contributed by atoms with Crippen LogP contribution in [0, 0.1) is 5.92 Å². The Bertz CT molecular complexity index is 359. The molecule has 0 aromatic heterocycles. The monoisotopic (exact) mass is 221 g/mol. The smallest absolute Gasteiger partial charge is 0.234 e. The minimum Gasteiger partial charge on any atom is -0.344 e. The molecule has 1 amide bonds. The van der Waals surface area contributed by atoms with Crippen LogP contribution < -0.4 is 10.6 Å². The number of allylic oxidation sites excluding steroid dienone is 1. The third kappa shape index (κ3) is 2.32. The van der Waals surface area contributed by atoms with Gasteiger partial charge >= 0.3 is 0 Å². The molecule has 2 N–H and O–H groups in total. The Balaban J connectivity index is 1.84. The van der Waals surface area contributed by atoms with Gasteiger partial charge in [0.05, 0.1) is 12.1 Å². The lowest BCUT2D eigenvalue weighted by atomic mass is 10.1. The second kappa shape index (κ2) is 4.01. The van der Waals surface area contributed by atoms with Crippen molar-refractivity contribution in [3.05, 3.63) is 11.8 Å². The van der Waals surface area contributed by atoms with E-state index in [0.717, 1.165) is 12.1 Å². The first-order valence-electron chi connectivity index (χ1n) is 5.80. The summed E-state index contributed by atoms with van der Waals surface area (Å²) in [5.74, 6) is 0.503. The maximum atomic E-state index is 11.7. The molecule has 88 valence electrons. The third-order valence-corrected chi connectivity index (χ3v) is 3.04. The molecule has 1 fully saturated rings. The van der Waals surface area contributed by atoms with E-state index < -0.39 is 0 Å². The number of rotatable bonds is 4. The number of carbonyl (C=O) groups is 1. The van der Waals surface area contributed by atoms with Crippen LogP contribution in [0.4, 0.5) is 0 Å². The van der Waals surface area contributed by atoms with Gasteiger partial charge in [-0.1, -0.05) is 19.9 Å². The van der Waals surface area contributed by atoms with Gasteiger partial charge in [0.25, 0.3) is 0 Å². The van der Waals surface area contributed by atoms with E-state index in [1.54, 1.807) is 0 Å². The molecule has 4 heteroatoms. The lowest BCUT2D eigenvalue weighted by Gasteiger charge is -2.17. The van der Waals surface area contributed by atoms with Crippen LogP contribution >= 0.6 is 0 Å². The van der Waals surface area contributed by atoms with Crippen molar-refractivity contribution in [2.75, 3.05) is 6.54 Å². The average molecular weight is 221 g/mol. The number of hydrogen-bond donors (Lipinski definition) is 2. The molecule has 0 bridgehead atoms. The van der Waals surface area contributed by atoms with Crippen LogP contribution in [0.2, 0.25) is 0 Å². The summed E-state index contributed by atoms with van der Waals surface area (Å²) < 4.78 is 0. The number of nitrogens with zero attached hydrogens (tertiary/aromatic N) is 1. The Labute approximate surface area is 96.2 Å². The number of amides is 1. The van der Waals surface area contributed by atoms with Crippen LogP contribution in [-0.4, -0.2) is 30.2 Å². The zero-order chi connectivity index (χ0) is 11.8. The first-order chi connectivity index (χ1) is 7.52. The normalized spacial score (nSPS) is 31.0. The van der Waals surface area contributed by atoms with Gasteiger partial charge in [0.1, 0.15) is 0 Å². The molecular formula is C12H19N3O. The summed E-state index contributed by atoms with van der Waals surface area (Å²) in [6.45, 7) is 6.42. The minimum atomic E-state index is -0.171. The second-order valence-corrected chi connectivity index (χ2v) is 5.00. The molecule has 2 atom stereocenters. The molecule has 0 aromatic rings. The number of fused-ring (bicyclic) bond motifs is 1. The minimum absolute atomic E-state index is 0.0515. The van der Waals surface area contributed by atoms with Gasteiger partial charge in [0, 0.05) is 23.9 Å². The number of nitrogens with one attached hydrogen (secondary N) is 2. The SMILES string of the molecule is CC1=CC2CC2(NC(=O)CNC(C)C)C=N1. The fourth-order valence-corrected chi connectivity index (χ4v) is 1.99. The molecule has 1 heterocycles. The highest BCUT2D eigenvalue weighted by atomic mass is 16.2. The summed E-state index contributed by atoms with van der Waals surface area (Å²) in [5, 5.41) is 6.16. The van der Waals surface area contributed by atoms with Crippen LogP contribution in [0.3, 0.4) is 0 Å². The molecule has 0 spiro atoms. The lowest BCUT2D eigenvalue weighted by molar-refractivity contribution is -0.120. The lowest BCUT2D eigenvalue weighted by Crippen LogP contribution is -2.45. The molecule has 0 saturated heterocycles. The average Bonchev–Trinajstić information content (AvgIpc) is 2.88. The van der Waals surface area contributed by atoms with Crippen molar-refractivity contribution >= 4 is 12.1 Å². The van der Waals surface area contributed by atoms with Crippen molar-refractivity contribution in [3.8, 4) is 0 Å². The Hall–Kier alpha value is -1.16. The summed E-state index contributed by atoms with van der Waals surface area (Å²) in [5.41, 5.74) is 0.877. The highest BCUT2D eigenvalue weighted by Gasteiger charge is 2.54. The van der Waals surface area contributed by atoms with Gasteiger partial charge in [-0.25, -0.2) is 0 Å². The fraction of sp³-hybridized carbons (Fsp3) is 0.667. The number of aliphatic imine (C=N–C) groups is 1. The molecule has 2 rings (SSSR count). The van der Waals surface area contributed by atoms with Crippen LogP contribution in [0.15, 0.2) is 16.8 Å². The van der Waals surface area contributed by atoms with E-state index in [4.69, 9.17) is 0 Å². The molecule has 4 nitrogen and oxygen atoms in total. The van der Waals surface area contributed by atoms with Crippen molar-refractivity contribution in [2.24, 2.45) is 10.9 Å². The van der Waals surface area contributed by atoms with Gasteiger partial charge in [-0.15, -0.1) is 0 Å². The highest BCUT2D eigenvalue weighted by Crippen LogP contribution is 2.45. The zero-order valence-electron chi connectivity index (χ0n) is 10.1. The Morgan fingerprint density at radius 1 is 1.69 bits per heavy atom. The van der Waals surface area contributed by atoms with Crippen molar-refractivity contribution in [3.63, 3.8) is 0 Å². The first kappa shape index (κ1) is 11.3. The summed E-state index contributed by atoms with van der Waals surface area (Å²) in [7, 11) is 0. The second-order valence-electron chi connectivity index (χ2n) is 5.00. The van der Waals surface area contributed by atoms with E-state index in [1.165, 1.54) is 0 Å². The standard InChI is InChI=1S/C12H19N3O/c1-8(2)13-6-11(16)15-12-5-10(12)4-9(3)14-7-12/h4,7-8,10,13H,5-6H2,1-3H3,(H,15,16). The first-order valence-corrected chi connectivity index (χ1v) is 5.80. The molecule has 1 aliphatic heterocycles. The zero-order valence-corrected chi connectivity index (χ0v) is 10.1. The molecule has 16 heavy (non-hydrogen) atoms. The Morgan fingerprint density at radius 2 is 2.44 bits per heavy atom. The van der Waals surface area contributed by atoms with Gasteiger partial charge < -0.3 is 10.6 Å². The molecule has 0 radical (unpaired) electrons. The van der Waals surface area contributed by atoms with E-state index in [9.17, 15) is 4.79 Å². The van der Waals surface area contributed by atoms with Crippen LogP contribution in [0.5, 0.6) is 0 Å². The van der Waals surface area contributed by atoms with E-state index in [0.29, 0.717) is 18.5 Å². The Morgan fingerprint density at radius 3 is 3.06 bits per heavy atom. The molecule has 2 unspecified atom stereocenters. The quantitative estimate of drug-likeness (QED) is 0.739. The van der Waals surface area contributed by atoms with E-state index in [1.807, 2.05) is 27.0 Å². The van der Waals surface area contributed by atoms with Gasteiger partial charge in [0.2, 0.25) is 5.91 Å². The van der Waals surface area contributed by atoms with Crippen molar-refractivity contribution in [2.45, 2.75) is 38.8 Å². The van der Waals surface area contributed by atoms with Crippen LogP contribution in [0.1, 0.15) is 27.2 Å². The maximum absolute atomic E-state index is 11.7. The predicted octanol–water partition coefficient (Wildman–Crippen LogP) is 0.847. The van der Waals surface area contributed by atoms with E-state index >= 15 is 0 Å². The van der Waals surface area contributed by atoms with Gasteiger partial charge in [-0.3, -0.25) is 9.79 Å². The Kier molecular flexibility index (Phi) is 2.84. The van der Waals surface area contributed by atoms with Gasteiger partial charge in [0.15, 0.2) is 0 Å². The topological polar surface area (TPSA) is 53.5 Å². The van der Waals surface area contributed by atoms with Crippen molar-refractivity contribution in [1.82, 2.24) is 10.6 Å². The maximum Gasteiger partial charge on any atom is 0.234 e. The molecule has 1 saturated carbocycles. The summed E-state index contributed by atoms with van der Waals surface area (Å²) in [6.07, 6.45) is 5.01.